The Morgan fingerprint density at radius 2 is 2.33 bits per heavy atom. The van der Waals surface area contributed by atoms with E-state index in [1.807, 2.05) is 0 Å². The van der Waals surface area contributed by atoms with E-state index in [9.17, 15) is 0 Å². The Labute approximate surface area is 80.0 Å². The van der Waals surface area contributed by atoms with Crippen LogP contribution in [0.4, 0.5) is 0 Å². The van der Waals surface area contributed by atoms with Gasteiger partial charge in [-0.2, -0.15) is 11.8 Å². The molecule has 0 bridgehead atoms. The van der Waals surface area contributed by atoms with Gasteiger partial charge in [-0.15, -0.1) is 0 Å². The van der Waals surface area contributed by atoms with Gasteiger partial charge in [0.05, 0.1) is 0 Å². The van der Waals surface area contributed by atoms with Crippen LogP contribution in [0.1, 0.15) is 26.7 Å². The molecule has 2 atom stereocenters. The summed E-state index contributed by atoms with van der Waals surface area (Å²) in [6.45, 7) is 4.34. The summed E-state index contributed by atoms with van der Waals surface area (Å²) in [7, 11) is 2.06. The molecule has 0 radical (unpaired) electrons. The van der Waals surface area contributed by atoms with Crippen molar-refractivity contribution in [3.05, 3.63) is 11.6 Å². The molecular formula is C10H19NS. The molecule has 1 aliphatic heterocycles. The molecular weight excluding hydrogens is 166 g/mol. The summed E-state index contributed by atoms with van der Waals surface area (Å²) < 4.78 is 0. The van der Waals surface area contributed by atoms with Crippen molar-refractivity contribution in [1.82, 2.24) is 5.32 Å². The molecule has 2 heteroatoms. The summed E-state index contributed by atoms with van der Waals surface area (Å²) in [5, 5.41) is 4.19. The van der Waals surface area contributed by atoms with Crippen molar-refractivity contribution in [3.63, 3.8) is 0 Å². The fourth-order valence-corrected chi connectivity index (χ4v) is 3.01. The molecule has 2 unspecified atom stereocenters. The van der Waals surface area contributed by atoms with E-state index in [1.165, 1.54) is 24.2 Å². The normalized spacial score (nSPS) is 25.4. The van der Waals surface area contributed by atoms with Crippen molar-refractivity contribution < 1.29 is 0 Å². The van der Waals surface area contributed by atoms with E-state index in [-0.39, 0.29) is 0 Å². The SMILES string of the molecule is CNC(C=C(C)C)C1CCCS1. The second-order valence-corrected chi connectivity index (χ2v) is 4.96. The zero-order chi connectivity index (χ0) is 8.97. The van der Waals surface area contributed by atoms with Crippen LogP contribution in [0, 0.1) is 0 Å². The molecule has 1 N–H and O–H groups in total. The molecule has 70 valence electrons. The molecule has 0 aromatic carbocycles. The monoisotopic (exact) mass is 185 g/mol. The number of rotatable bonds is 3. The maximum atomic E-state index is 3.38. The van der Waals surface area contributed by atoms with Crippen molar-refractivity contribution in [2.24, 2.45) is 0 Å². The fourth-order valence-electron chi connectivity index (χ4n) is 1.62. The van der Waals surface area contributed by atoms with Gasteiger partial charge in [-0.3, -0.25) is 0 Å². The van der Waals surface area contributed by atoms with E-state index in [1.54, 1.807) is 0 Å². The third-order valence-electron chi connectivity index (χ3n) is 2.21. The molecule has 1 aliphatic rings. The second kappa shape index (κ2) is 4.93. The number of allylic oxidation sites excluding steroid dienone is 1. The van der Waals surface area contributed by atoms with E-state index in [2.05, 4.69) is 44.0 Å². The largest absolute Gasteiger partial charge is 0.313 e. The van der Waals surface area contributed by atoms with Crippen molar-refractivity contribution in [1.29, 1.82) is 0 Å². The third-order valence-corrected chi connectivity index (χ3v) is 3.69. The van der Waals surface area contributed by atoms with Crippen LogP contribution in [0.15, 0.2) is 11.6 Å². The van der Waals surface area contributed by atoms with Crippen LogP contribution in [0.2, 0.25) is 0 Å². The summed E-state index contributed by atoms with van der Waals surface area (Å²) >= 11 is 2.11. The van der Waals surface area contributed by atoms with E-state index in [4.69, 9.17) is 0 Å². The van der Waals surface area contributed by atoms with Gasteiger partial charge in [-0.25, -0.2) is 0 Å². The zero-order valence-corrected chi connectivity index (χ0v) is 9.08. The number of hydrogen-bond donors (Lipinski definition) is 1. The van der Waals surface area contributed by atoms with Gasteiger partial charge in [0.2, 0.25) is 0 Å². The number of nitrogens with one attached hydrogen (secondary N) is 1. The minimum atomic E-state index is 0.586. The Morgan fingerprint density at radius 1 is 1.58 bits per heavy atom. The Hall–Kier alpha value is 0.0500. The maximum absolute atomic E-state index is 3.38. The second-order valence-electron chi connectivity index (χ2n) is 3.61. The van der Waals surface area contributed by atoms with Crippen LogP contribution in [-0.2, 0) is 0 Å². The minimum absolute atomic E-state index is 0.586. The van der Waals surface area contributed by atoms with Crippen LogP contribution in [-0.4, -0.2) is 24.1 Å². The van der Waals surface area contributed by atoms with E-state index in [0.717, 1.165) is 5.25 Å². The lowest BCUT2D eigenvalue weighted by molar-refractivity contribution is 0.609. The standard InChI is InChI=1S/C10H19NS/c1-8(2)7-9(11-3)10-5-4-6-12-10/h7,9-11H,4-6H2,1-3H3. The fraction of sp³-hybridized carbons (Fsp3) is 0.800. The highest BCUT2D eigenvalue weighted by Crippen LogP contribution is 2.29. The Morgan fingerprint density at radius 3 is 2.75 bits per heavy atom. The van der Waals surface area contributed by atoms with Gasteiger partial charge in [0, 0.05) is 11.3 Å². The molecule has 0 aromatic heterocycles. The molecule has 0 spiro atoms. The Kier molecular flexibility index (Phi) is 4.16. The molecule has 0 aromatic rings. The average Bonchev–Trinajstić information content (AvgIpc) is 2.51. The topological polar surface area (TPSA) is 12.0 Å². The first-order valence-electron chi connectivity index (χ1n) is 4.68. The quantitative estimate of drug-likeness (QED) is 0.678. The summed E-state index contributed by atoms with van der Waals surface area (Å²) in [5.41, 5.74) is 1.42. The first kappa shape index (κ1) is 10.1. The minimum Gasteiger partial charge on any atom is -0.313 e. The average molecular weight is 185 g/mol. The van der Waals surface area contributed by atoms with Gasteiger partial charge in [0.25, 0.3) is 0 Å². The number of likely N-dealkylation sites (N-methyl/N-ethyl adjacent to an activating group) is 1. The number of thioether (sulfide) groups is 1. The Balaban J connectivity index is 2.49. The maximum Gasteiger partial charge on any atom is 0.0369 e. The molecule has 1 nitrogen and oxygen atoms in total. The highest BCUT2D eigenvalue weighted by molar-refractivity contribution is 8.00. The molecule has 0 aliphatic carbocycles. The predicted molar refractivity (Wildman–Crippen MR) is 57.8 cm³/mol. The summed E-state index contributed by atoms with van der Waals surface area (Å²) in [4.78, 5) is 0. The third kappa shape index (κ3) is 2.83. The van der Waals surface area contributed by atoms with Gasteiger partial charge < -0.3 is 5.32 Å². The van der Waals surface area contributed by atoms with E-state index < -0.39 is 0 Å². The van der Waals surface area contributed by atoms with Gasteiger partial charge >= 0.3 is 0 Å². The molecule has 1 fully saturated rings. The summed E-state index contributed by atoms with van der Waals surface area (Å²) in [5.74, 6) is 1.35. The van der Waals surface area contributed by atoms with E-state index in [0.29, 0.717) is 6.04 Å². The Bertz CT molecular complexity index is 155. The first-order chi connectivity index (χ1) is 5.74. The summed E-state index contributed by atoms with van der Waals surface area (Å²) in [6.07, 6.45) is 5.12. The van der Waals surface area contributed by atoms with Crippen LogP contribution >= 0.6 is 11.8 Å². The van der Waals surface area contributed by atoms with Gasteiger partial charge in [-0.1, -0.05) is 11.6 Å². The first-order valence-corrected chi connectivity index (χ1v) is 5.73. The van der Waals surface area contributed by atoms with E-state index >= 15 is 0 Å². The van der Waals surface area contributed by atoms with Crippen LogP contribution in [0.5, 0.6) is 0 Å². The lowest BCUT2D eigenvalue weighted by Crippen LogP contribution is -2.32. The predicted octanol–water partition coefficient (Wildman–Crippen LogP) is 2.44. The summed E-state index contributed by atoms with van der Waals surface area (Å²) in [6, 6.07) is 0.586. The van der Waals surface area contributed by atoms with Crippen LogP contribution in [0.25, 0.3) is 0 Å². The van der Waals surface area contributed by atoms with Crippen molar-refractivity contribution in [2.45, 2.75) is 38.0 Å². The molecule has 0 amide bonds. The van der Waals surface area contributed by atoms with Crippen molar-refractivity contribution >= 4 is 11.8 Å². The molecule has 1 rings (SSSR count). The van der Waals surface area contributed by atoms with Crippen molar-refractivity contribution in [2.75, 3.05) is 12.8 Å². The molecule has 1 heterocycles. The van der Waals surface area contributed by atoms with Crippen LogP contribution < -0.4 is 5.32 Å². The van der Waals surface area contributed by atoms with Gasteiger partial charge in [0.15, 0.2) is 0 Å². The number of hydrogen-bond acceptors (Lipinski definition) is 2. The highest BCUT2D eigenvalue weighted by atomic mass is 32.2. The molecule has 12 heavy (non-hydrogen) atoms. The highest BCUT2D eigenvalue weighted by Gasteiger charge is 2.22. The van der Waals surface area contributed by atoms with Crippen LogP contribution in [0.3, 0.4) is 0 Å². The van der Waals surface area contributed by atoms with Gasteiger partial charge in [0.1, 0.15) is 0 Å². The molecule has 1 saturated heterocycles. The lowest BCUT2D eigenvalue weighted by Gasteiger charge is -2.19. The zero-order valence-electron chi connectivity index (χ0n) is 8.26. The smallest absolute Gasteiger partial charge is 0.0369 e. The molecule has 0 saturated carbocycles. The van der Waals surface area contributed by atoms with Gasteiger partial charge in [-0.05, 0) is 39.5 Å². The lowest BCUT2D eigenvalue weighted by atomic mass is 10.1. The van der Waals surface area contributed by atoms with Crippen molar-refractivity contribution in [3.8, 4) is 0 Å².